The van der Waals surface area contributed by atoms with Gasteiger partial charge in [-0.1, -0.05) is 6.07 Å². The number of nitrogen functional groups attached to an aromatic ring is 1. The standard InChI is InChI=1S/C29H27F2N9O4S/c1-44-21-8-6-18(22(30)23(21)31)20-7-3-14(11-33-20)19-12-36-40-26(32)25(45(2,42)43)24(37-28(19)40)15-9-16-4-5-17(10-15)39(16)29(41)27-34-13-35-38-27/h3,6-8,11-13,15-17H,4-5,9-10,32H2,1-2H3,(H,34,35,38). The summed E-state index contributed by atoms with van der Waals surface area (Å²) in [5.74, 6) is -2.86. The number of fused-ring (bicyclic) bond motifs is 3. The monoisotopic (exact) mass is 635 g/mol. The Balaban J connectivity index is 1.27. The van der Waals surface area contributed by atoms with Crippen LogP contribution in [-0.2, 0) is 9.84 Å². The highest BCUT2D eigenvalue weighted by molar-refractivity contribution is 7.91. The van der Waals surface area contributed by atoms with E-state index in [0.717, 1.165) is 19.1 Å². The Morgan fingerprint density at radius 1 is 1.07 bits per heavy atom. The fraction of sp³-hybridized carbons (Fsp3) is 0.310. The summed E-state index contributed by atoms with van der Waals surface area (Å²) in [7, 11) is -2.58. The van der Waals surface area contributed by atoms with Gasteiger partial charge in [0.1, 0.15) is 17.0 Å². The number of nitrogens with one attached hydrogen (secondary N) is 1. The number of hydrogen-bond donors (Lipinski definition) is 2. The summed E-state index contributed by atoms with van der Waals surface area (Å²) in [6.45, 7) is 0. The van der Waals surface area contributed by atoms with Gasteiger partial charge in [0.2, 0.25) is 11.6 Å². The van der Waals surface area contributed by atoms with Crippen LogP contribution < -0.4 is 10.5 Å². The number of pyridine rings is 1. The molecule has 7 rings (SSSR count). The first-order valence-electron chi connectivity index (χ1n) is 14.1. The Bertz CT molecular complexity index is 2050. The number of halogens is 2. The van der Waals surface area contributed by atoms with Crippen molar-refractivity contribution in [1.29, 1.82) is 0 Å². The van der Waals surface area contributed by atoms with Crippen LogP contribution in [0.25, 0.3) is 28.0 Å². The highest BCUT2D eigenvalue weighted by Crippen LogP contribution is 2.45. The van der Waals surface area contributed by atoms with E-state index in [1.807, 2.05) is 4.90 Å². The van der Waals surface area contributed by atoms with Crippen molar-refractivity contribution in [2.45, 2.75) is 48.6 Å². The lowest BCUT2D eigenvalue weighted by Gasteiger charge is -2.38. The molecule has 2 fully saturated rings. The van der Waals surface area contributed by atoms with Crippen molar-refractivity contribution >= 4 is 27.2 Å². The number of methoxy groups -OCH3 is 1. The van der Waals surface area contributed by atoms with E-state index >= 15 is 0 Å². The second kappa shape index (κ2) is 10.6. The van der Waals surface area contributed by atoms with Gasteiger partial charge in [0.05, 0.1) is 24.7 Å². The molecule has 0 radical (unpaired) electrons. The Morgan fingerprint density at radius 2 is 1.82 bits per heavy atom. The Kier molecular flexibility index (Phi) is 6.76. The van der Waals surface area contributed by atoms with Gasteiger partial charge in [0.15, 0.2) is 27.1 Å². The number of ether oxygens (including phenoxy) is 1. The first-order chi connectivity index (χ1) is 21.6. The number of anilines is 1. The zero-order valence-corrected chi connectivity index (χ0v) is 24.9. The SMILES string of the molecule is COc1ccc(-c2ccc(-c3cnn4c(N)c(S(C)(=O)=O)c(C5CC6CCC(C5)N6C(=O)c5nnc[nH]5)nc34)cn2)c(F)c1F. The summed E-state index contributed by atoms with van der Waals surface area (Å²) in [5.41, 5.74) is 8.36. The molecule has 2 saturated heterocycles. The number of aromatic nitrogens is 7. The number of aromatic amines is 1. The van der Waals surface area contributed by atoms with Gasteiger partial charge in [-0.3, -0.25) is 9.78 Å². The minimum atomic E-state index is -3.83. The van der Waals surface area contributed by atoms with E-state index in [0.29, 0.717) is 35.3 Å². The van der Waals surface area contributed by atoms with Gasteiger partial charge in [-0.15, -0.1) is 10.2 Å². The first-order valence-corrected chi connectivity index (χ1v) is 16.0. The van der Waals surface area contributed by atoms with Crippen LogP contribution in [0.2, 0.25) is 0 Å². The van der Waals surface area contributed by atoms with E-state index in [2.05, 4.69) is 25.3 Å². The van der Waals surface area contributed by atoms with Gasteiger partial charge in [0, 0.05) is 47.1 Å². The third-order valence-corrected chi connectivity index (χ3v) is 9.79. The largest absolute Gasteiger partial charge is 0.494 e. The predicted octanol–water partition coefficient (Wildman–Crippen LogP) is 3.40. The number of carbonyl (C=O) groups excluding carboxylic acids is 1. The van der Waals surface area contributed by atoms with Crippen LogP contribution in [0.1, 0.15) is 47.9 Å². The Labute approximate surface area is 255 Å². The minimum absolute atomic E-state index is 0.0371. The zero-order valence-electron chi connectivity index (χ0n) is 24.1. The number of nitrogens with zero attached hydrogens (tertiary/aromatic N) is 7. The lowest BCUT2D eigenvalue weighted by Crippen LogP contribution is -2.46. The molecule has 2 aliphatic heterocycles. The summed E-state index contributed by atoms with van der Waals surface area (Å²) in [6.07, 6.45) is 7.93. The van der Waals surface area contributed by atoms with Crippen LogP contribution in [0, 0.1) is 11.6 Å². The maximum atomic E-state index is 14.7. The molecule has 4 aromatic heterocycles. The van der Waals surface area contributed by atoms with Gasteiger partial charge in [-0.2, -0.15) is 14.0 Å². The third-order valence-electron chi connectivity index (χ3n) is 8.63. The smallest absolute Gasteiger partial charge is 0.292 e. The maximum absolute atomic E-state index is 14.7. The van der Waals surface area contributed by atoms with Crippen LogP contribution in [0.3, 0.4) is 0 Å². The van der Waals surface area contributed by atoms with Crippen LogP contribution in [-0.4, -0.2) is 79.4 Å². The minimum Gasteiger partial charge on any atom is -0.494 e. The van der Waals surface area contributed by atoms with E-state index < -0.39 is 21.5 Å². The lowest BCUT2D eigenvalue weighted by atomic mass is 9.87. The molecule has 1 aromatic carbocycles. The van der Waals surface area contributed by atoms with E-state index in [-0.39, 0.29) is 57.5 Å². The van der Waals surface area contributed by atoms with E-state index in [1.165, 1.54) is 48.5 Å². The fourth-order valence-corrected chi connectivity index (χ4v) is 7.70. The summed E-state index contributed by atoms with van der Waals surface area (Å²) >= 11 is 0. The number of piperidine rings is 1. The zero-order chi connectivity index (χ0) is 31.6. The molecule has 2 bridgehead atoms. The van der Waals surface area contributed by atoms with Gasteiger partial charge >= 0.3 is 0 Å². The molecule has 16 heteroatoms. The van der Waals surface area contributed by atoms with Crippen molar-refractivity contribution in [1.82, 2.24) is 39.7 Å². The molecule has 3 N–H and O–H groups in total. The number of amides is 1. The van der Waals surface area contributed by atoms with Gasteiger partial charge in [-0.25, -0.2) is 17.8 Å². The van der Waals surface area contributed by atoms with Crippen LogP contribution in [0.4, 0.5) is 14.6 Å². The average Bonchev–Trinajstić information content (AvgIpc) is 3.76. The number of H-pyrrole nitrogens is 1. The van der Waals surface area contributed by atoms with Crippen molar-refractivity contribution in [2.24, 2.45) is 0 Å². The molecule has 0 spiro atoms. The summed E-state index contributed by atoms with van der Waals surface area (Å²) in [5, 5.41) is 11.9. The average molecular weight is 636 g/mol. The second-order valence-corrected chi connectivity index (χ2v) is 13.2. The summed E-state index contributed by atoms with van der Waals surface area (Å²) in [4.78, 5) is 26.9. The summed E-state index contributed by atoms with van der Waals surface area (Å²) in [6, 6.07) is 5.63. The molecule has 0 saturated carbocycles. The van der Waals surface area contributed by atoms with Crippen LogP contribution >= 0.6 is 0 Å². The molecule has 13 nitrogen and oxygen atoms in total. The number of carbonyl (C=O) groups is 1. The molecular weight excluding hydrogens is 608 g/mol. The fourth-order valence-electron chi connectivity index (χ4n) is 6.64. The third kappa shape index (κ3) is 4.67. The normalized spacial score (nSPS) is 19.7. The van der Waals surface area contributed by atoms with E-state index in [4.69, 9.17) is 15.5 Å². The molecule has 6 heterocycles. The predicted molar refractivity (Wildman–Crippen MR) is 157 cm³/mol. The molecule has 2 aliphatic rings. The number of benzene rings is 1. The van der Waals surface area contributed by atoms with Crippen molar-refractivity contribution in [3.63, 3.8) is 0 Å². The van der Waals surface area contributed by atoms with E-state index in [1.54, 1.807) is 6.07 Å². The molecule has 5 aromatic rings. The lowest BCUT2D eigenvalue weighted by molar-refractivity contribution is 0.0556. The number of hydrogen-bond acceptors (Lipinski definition) is 10. The quantitative estimate of drug-likeness (QED) is 0.281. The molecule has 2 atom stereocenters. The second-order valence-electron chi connectivity index (χ2n) is 11.3. The van der Waals surface area contributed by atoms with Crippen molar-refractivity contribution in [3.8, 4) is 28.1 Å². The van der Waals surface area contributed by atoms with Gasteiger partial charge < -0.3 is 20.4 Å². The molecular formula is C29H27F2N9O4S. The molecule has 45 heavy (non-hydrogen) atoms. The van der Waals surface area contributed by atoms with Crippen molar-refractivity contribution < 1.29 is 26.7 Å². The van der Waals surface area contributed by atoms with Crippen LogP contribution in [0.5, 0.6) is 5.75 Å². The molecule has 0 aliphatic carbocycles. The Hall–Kier alpha value is -4.99. The van der Waals surface area contributed by atoms with Gasteiger partial charge in [0.25, 0.3) is 5.91 Å². The summed E-state index contributed by atoms with van der Waals surface area (Å²) < 4.78 is 61.3. The Morgan fingerprint density at radius 3 is 2.44 bits per heavy atom. The van der Waals surface area contributed by atoms with Crippen molar-refractivity contribution in [2.75, 3.05) is 19.1 Å². The first kappa shape index (κ1) is 28.8. The molecule has 1 amide bonds. The topological polar surface area (TPSA) is 174 Å². The number of sulfone groups is 1. The highest BCUT2D eigenvalue weighted by Gasteiger charge is 2.46. The van der Waals surface area contributed by atoms with Crippen LogP contribution in [0.15, 0.2) is 47.9 Å². The van der Waals surface area contributed by atoms with Gasteiger partial charge in [-0.05, 0) is 43.9 Å². The number of nitrogens with two attached hydrogens (primary N) is 1. The molecule has 232 valence electrons. The maximum Gasteiger partial charge on any atom is 0.292 e. The number of rotatable bonds is 6. The molecule has 2 unspecified atom stereocenters. The van der Waals surface area contributed by atoms with E-state index in [9.17, 15) is 22.0 Å². The highest BCUT2D eigenvalue weighted by atomic mass is 32.2. The van der Waals surface area contributed by atoms with Crippen molar-refractivity contribution in [3.05, 3.63) is 66.1 Å².